The van der Waals surface area contributed by atoms with Crippen LogP contribution in [0.2, 0.25) is 0 Å². The summed E-state index contributed by atoms with van der Waals surface area (Å²) in [6.45, 7) is 5.20. The van der Waals surface area contributed by atoms with Gasteiger partial charge in [0.2, 0.25) is 0 Å². The summed E-state index contributed by atoms with van der Waals surface area (Å²) in [4.78, 5) is 4.56. The molecule has 5 heteroatoms. The Morgan fingerprint density at radius 1 is 1.24 bits per heavy atom. The smallest absolute Gasteiger partial charge is 0.0739 e. The maximum Gasteiger partial charge on any atom is 0.0739 e. The molecule has 0 radical (unpaired) electrons. The van der Waals surface area contributed by atoms with Crippen molar-refractivity contribution in [2.75, 3.05) is 34.2 Å². The van der Waals surface area contributed by atoms with Gasteiger partial charge in [-0.3, -0.25) is 4.68 Å². The van der Waals surface area contributed by atoms with E-state index in [0.29, 0.717) is 0 Å². The van der Waals surface area contributed by atoms with E-state index < -0.39 is 0 Å². The first-order valence-corrected chi connectivity index (χ1v) is 6.72. The Kier molecular flexibility index (Phi) is 5.62. The quantitative estimate of drug-likeness (QED) is 0.802. The Hall–Kier alpha value is -0.390. The lowest BCUT2D eigenvalue weighted by molar-refractivity contribution is 0.288. The summed E-state index contributed by atoms with van der Waals surface area (Å²) in [6.07, 6.45) is 1.19. The highest BCUT2D eigenvalue weighted by atomic mass is 79.9. The Morgan fingerprint density at radius 2 is 1.88 bits per heavy atom. The normalized spacial score (nSPS) is 11.8. The van der Waals surface area contributed by atoms with Crippen LogP contribution in [0, 0.1) is 6.92 Å². The van der Waals surface area contributed by atoms with Crippen molar-refractivity contribution in [3.05, 3.63) is 15.9 Å². The SMILES string of the molecule is Cc1nn(C)c(CN(C)CCCN(C)C)c1Br. The standard InChI is InChI=1S/C12H23BrN4/c1-10-12(13)11(17(5)14-10)9-16(4)8-6-7-15(2)3/h6-9H2,1-5H3. The van der Waals surface area contributed by atoms with Gasteiger partial charge in [0.15, 0.2) is 0 Å². The zero-order valence-electron chi connectivity index (χ0n) is 11.5. The fraction of sp³-hybridized carbons (Fsp3) is 0.750. The lowest BCUT2D eigenvalue weighted by Crippen LogP contribution is -2.24. The van der Waals surface area contributed by atoms with Crippen molar-refractivity contribution < 1.29 is 0 Å². The maximum atomic E-state index is 4.41. The first-order chi connectivity index (χ1) is 7.91. The lowest BCUT2D eigenvalue weighted by Gasteiger charge is -2.18. The van der Waals surface area contributed by atoms with Crippen LogP contribution >= 0.6 is 15.9 Å². The molecule has 0 bridgehead atoms. The van der Waals surface area contributed by atoms with E-state index in [2.05, 4.69) is 52.0 Å². The van der Waals surface area contributed by atoms with E-state index in [9.17, 15) is 0 Å². The van der Waals surface area contributed by atoms with E-state index in [1.54, 1.807) is 0 Å². The van der Waals surface area contributed by atoms with E-state index in [4.69, 9.17) is 0 Å². The first kappa shape index (κ1) is 14.7. The number of hydrogen-bond donors (Lipinski definition) is 0. The monoisotopic (exact) mass is 302 g/mol. The minimum Gasteiger partial charge on any atom is -0.309 e. The summed E-state index contributed by atoms with van der Waals surface area (Å²) >= 11 is 3.60. The van der Waals surface area contributed by atoms with Gasteiger partial charge < -0.3 is 9.80 Å². The van der Waals surface area contributed by atoms with Gasteiger partial charge in [-0.1, -0.05) is 0 Å². The van der Waals surface area contributed by atoms with E-state index >= 15 is 0 Å². The molecular formula is C12H23BrN4. The zero-order valence-corrected chi connectivity index (χ0v) is 13.1. The Labute approximate surface area is 113 Å². The molecule has 0 aliphatic rings. The van der Waals surface area contributed by atoms with Crippen LogP contribution in [0.1, 0.15) is 17.8 Å². The molecule has 0 unspecified atom stereocenters. The van der Waals surface area contributed by atoms with Gasteiger partial charge in [0.05, 0.1) is 15.9 Å². The van der Waals surface area contributed by atoms with Gasteiger partial charge in [0.1, 0.15) is 0 Å². The van der Waals surface area contributed by atoms with Gasteiger partial charge in [0, 0.05) is 13.6 Å². The number of hydrogen-bond acceptors (Lipinski definition) is 3. The fourth-order valence-corrected chi connectivity index (χ4v) is 2.30. The minimum atomic E-state index is 0.936. The second-order valence-corrected chi connectivity index (χ2v) is 5.66. The highest BCUT2D eigenvalue weighted by Gasteiger charge is 2.12. The van der Waals surface area contributed by atoms with Crippen molar-refractivity contribution in [3.63, 3.8) is 0 Å². The molecule has 4 nitrogen and oxygen atoms in total. The summed E-state index contributed by atoms with van der Waals surface area (Å²) in [5.41, 5.74) is 2.30. The van der Waals surface area contributed by atoms with Crippen LogP contribution in [0.15, 0.2) is 4.47 Å². The van der Waals surface area contributed by atoms with Crippen molar-refractivity contribution in [3.8, 4) is 0 Å². The Balaban J connectivity index is 2.47. The summed E-state index contributed by atoms with van der Waals surface area (Å²) in [7, 11) is 8.38. The topological polar surface area (TPSA) is 24.3 Å². The third-order valence-corrected chi connectivity index (χ3v) is 3.86. The predicted molar refractivity (Wildman–Crippen MR) is 75.2 cm³/mol. The molecule has 17 heavy (non-hydrogen) atoms. The van der Waals surface area contributed by atoms with E-state index in [-0.39, 0.29) is 0 Å². The molecule has 0 amide bonds. The molecule has 0 saturated heterocycles. The molecule has 0 aromatic carbocycles. The second-order valence-electron chi connectivity index (χ2n) is 4.86. The first-order valence-electron chi connectivity index (χ1n) is 5.93. The molecule has 0 aliphatic carbocycles. The van der Waals surface area contributed by atoms with Crippen LogP contribution < -0.4 is 0 Å². The highest BCUT2D eigenvalue weighted by Crippen LogP contribution is 2.21. The maximum absolute atomic E-state index is 4.41. The lowest BCUT2D eigenvalue weighted by atomic mass is 10.3. The van der Waals surface area contributed by atoms with E-state index in [1.165, 1.54) is 12.1 Å². The molecule has 0 atom stereocenters. The molecular weight excluding hydrogens is 280 g/mol. The molecule has 1 heterocycles. The Morgan fingerprint density at radius 3 is 2.35 bits per heavy atom. The van der Waals surface area contributed by atoms with Gasteiger partial charge in [-0.2, -0.15) is 5.10 Å². The average molecular weight is 303 g/mol. The van der Waals surface area contributed by atoms with Crippen LogP contribution in [-0.2, 0) is 13.6 Å². The molecule has 0 spiro atoms. The molecule has 1 aromatic heterocycles. The van der Waals surface area contributed by atoms with Crippen molar-refractivity contribution in [2.24, 2.45) is 7.05 Å². The summed E-state index contributed by atoms with van der Waals surface area (Å²) < 4.78 is 3.10. The molecule has 0 aliphatic heterocycles. The zero-order chi connectivity index (χ0) is 13.0. The number of rotatable bonds is 6. The third-order valence-electron chi connectivity index (χ3n) is 2.83. The molecule has 0 saturated carbocycles. The van der Waals surface area contributed by atoms with Crippen molar-refractivity contribution in [1.29, 1.82) is 0 Å². The van der Waals surface area contributed by atoms with Gasteiger partial charge in [-0.15, -0.1) is 0 Å². The minimum absolute atomic E-state index is 0.936. The number of nitrogens with zero attached hydrogens (tertiary/aromatic N) is 4. The van der Waals surface area contributed by atoms with Gasteiger partial charge in [0.25, 0.3) is 0 Å². The van der Waals surface area contributed by atoms with Crippen molar-refractivity contribution in [1.82, 2.24) is 19.6 Å². The largest absolute Gasteiger partial charge is 0.309 e. The van der Waals surface area contributed by atoms with Crippen molar-refractivity contribution in [2.45, 2.75) is 19.9 Å². The Bertz CT molecular complexity index is 360. The summed E-state index contributed by atoms with van der Waals surface area (Å²) in [6, 6.07) is 0. The van der Waals surface area contributed by atoms with E-state index in [1.807, 2.05) is 18.7 Å². The van der Waals surface area contributed by atoms with Crippen LogP contribution in [0.25, 0.3) is 0 Å². The summed E-state index contributed by atoms with van der Waals surface area (Å²) in [5, 5.41) is 4.41. The van der Waals surface area contributed by atoms with Crippen LogP contribution in [0.5, 0.6) is 0 Å². The van der Waals surface area contributed by atoms with Gasteiger partial charge in [-0.25, -0.2) is 0 Å². The van der Waals surface area contributed by atoms with Crippen molar-refractivity contribution >= 4 is 15.9 Å². The molecule has 98 valence electrons. The average Bonchev–Trinajstić information content (AvgIpc) is 2.44. The van der Waals surface area contributed by atoms with Crippen LogP contribution in [0.3, 0.4) is 0 Å². The second kappa shape index (κ2) is 6.52. The fourth-order valence-electron chi connectivity index (χ4n) is 1.84. The molecule has 0 fully saturated rings. The van der Waals surface area contributed by atoms with Gasteiger partial charge in [-0.05, 0) is 63.5 Å². The van der Waals surface area contributed by atoms with Crippen LogP contribution in [0.4, 0.5) is 0 Å². The van der Waals surface area contributed by atoms with Gasteiger partial charge >= 0.3 is 0 Å². The van der Waals surface area contributed by atoms with Crippen LogP contribution in [-0.4, -0.2) is 53.8 Å². The number of halogens is 1. The summed E-state index contributed by atoms with van der Waals surface area (Å²) in [5.74, 6) is 0. The molecule has 1 rings (SSSR count). The molecule has 1 aromatic rings. The number of aromatic nitrogens is 2. The predicted octanol–water partition coefficient (Wildman–Crippen LogP) is 1.87. The third kappa shape index (κ3) is 4.41. The molecule has 0 N–H and O–H groups in total. The highest BCUT2D eigenvalue weighted by molar-refractivity contribution is 9.10. The van der Waals surface area contributed by atoms with E-state index in [0.717, 1.165) is 29.8 Å². The number of aryl methyl sites for hydroxylation is 2.